The molecule has 112 valence electrons. The van der Waals surface area contributed by atoms with Crippen LogP contribution in [-0.4, -0.2) is 48.5 Å². The summed E-state index contributed by atoms with van der Waals surface area (Å²) in [5, 5.41) is 11.4. The molecule has 1 N–H and O–H groups in total. The number of nitrogens with zero attached hydrogens (tertiary/aromatic N) is 1. The number of benzene rings is 1. The Morgan fingerprint density at radius 3 is 2.90 bits per heavy atom. The van der Waals surface area contributed by atoms with Gasteiger partial charge in [0.25, 0.3) is 0 Å². The standard InChI is InChI=1S/C15H21Cl2NO2/c1-2-5-18-6-7-20-15(10-18)14(19)9-11-3-4-12(16)13(17)8-11/h3-4,8,14-15,19H,2,5-7,9-10H2,1H3. The van der Waals surface area contributed by atoms with E-state index in [2.05, 4.69) is 11.8 Å². The van der Waals surface area contributed by atoms with Gasteiger partial charge < -0.3 is 9.84 Å². The van der Waals surface area contributed by atoms with E-state index in [1.54, 1.807) is 12.1 Å². The fraction of sp³-hybridized carbons (Fsp3) is 0.600. The van der Waals surface area contributed by atoms with E-state index in [0.717, 1.165) is 31.6 Å². The molecule has 0 amide bonds. The van der Waals surface area contributed by atoms with E-state index in [-0.39, 0.29) is 6.10 Å². The number of hydrogen-bond donors (Lipinski definition) is 1. The molecule has 2 atom stereocenters. The highest BCUT2D eigenvalue weighted by atomic mass is 35.5. The van der Waals surface area contributed by atoms with Gasteiger partial charge in [0, 0.05) is 19.5 Å². The average molecular weight is 318 g/mol. The van der Waals surface area contributed by atoms with E-state index < -0.39 is 6.10 Å². The van der Waals surface area contributed by atoms with Gasteiger partial charge in [-0.1, -0.05) is 36.2 Å². The average Bonchev–Trinajstić information content (AvgIpc) is 2.43. The number of aliphatic hydroxyl groups excluding tert-OH is 1. The normalized spacial score (nSPS) is 21.9. The molecule has 1 fully saturated rings. The minimum absolute atomic E-state index is 0.134. The quantitative estimate of drug-likeness (QED) is 0.906. The summed E-state index contributed by atoms with van der Waals surface area (Å²) in [7, 11) is 0. The van der Waals surface area contributed by atoms with Gasteiger partial charge in [-0.15, -0.1) is 0 Å². The molecule has 0 radical (unpaired) electrons. The van der Waals surface area contributed by atoms with Crippen molar-refractivity contribution in [2.75, 3.05) is 26.2 Å². The number of halogens is 2. The monoisotopic (exact) mass is 317 g/mol. The molecular weight excluding hydrogens is 297 g/mol. The minimum Gasteiger partial charge on any atom is -0.390 e. The van der Waals surface area contributed by atoms with Crippen LogP contribution >= 0.6 is 23.2 Å². The van der Waals surface area contributed by atoms with Gasteiger partial charge >= 0.3 is 0 Å². The van der Waals surface area contributed by atoms with Crippen LogP contribution in [0.15, 0.2) is 18.2 Å². The van der Waals surface area contributed by atoms with Crippen LogP contribution in [0.2, 0.25) is 10.0 Å². The summed E-state index contributed by atoms with van der Waals surface area (Å²) in [4.78, 5) is 2.34. The maximum atomic E-state index is 10.3. The van der Waals surface area contributed by atoms with Gasteiger partial charge in [0.2, 0.25) is 0 Å². The summed E-state index contributed by atoms with van der Waals surface area (Å²) in [5.41, 5.74) is 0.975. The number of hydrogen-bond acceptors (Lipinski definition) is 3. The summed E-state index contributed by atoms with van der Waals surface area (Å²) < 4.78 is 5.69. The lowest BCUT2D eigenvalue weighted by Gasteiger charge is -2.35. The fourth-order valence-electron chi connectivity index (χ4n) is 2.52. The van der Waals surface area contributed by atoms with Gasteiger partial charge in [-0.05, 0) is 30.7 Å². The molecule has 0 spiro atoms. The van der Waals surface area contributed by atoms with E-state index in [9.17, 15) is 5.11 Å². The van der Waals surface area contributed by atoms with Gasteiger partial charge in [-0.25, -0.2) is 0 Å². The van der Waals surface area contributed by atoms with Crippen molar-refractivity contribution in [1.29, 1.82) is 0 Å². The summed E-state index contributed by atoms with van der Waals surface area (Å²) in [6.07, 6.45) is 0.994. The summed E-state index contributed by atoms with van der Waals surface area (Å²) >= 11 is 11.9. The maximum Gasteiger partial charge on any atom is 0.0964 e. The SMILES string of the molecule is CCCN1CCOC(C(O)Cc2ccc(Cl)c(Cl)c2)C1. The molecule has 1 saturated heterocycles. The van der Waals surface area contributed by atoms with Crippen LogP contribution in [0.1, 0.15) is 18.9 Å². The molecule has 3 nitrogen and oxygen atoms in total. The van der Waals surface area contributed by atoms with Crippen LogP contribution in [0.25, 0.3) is 0 Å². The lowest BCUT2D eigenvalue weighted by molar-refractivity contribution is -0.0877. The van der Waals surface area contributed by atoms with Crippen LogP contribution in [0.5, 0.6) is 0 Å². The highest BCUT2D eigenvalue weighted by Crippen LogP contribution is 2.24. The molecule has 1 aliphatic heterocycles. The van der Waals surface area contributed by atoms with Crippen molar-refractivity contribution in [2.45, 2.75) is 32.0 Å². The first-order valence-corrected chi connectivity index (χ1v) is 7.81. The van der Waals surface area contributed by atoms with Crippen LogP contribution in [0, 0.1) is 0 Å². The fourth-order valence-corrected chi connectivity index (χ4v) is 2.84. The smallest absolute Gasteiger partial charge is 0.0964 e. The molecule has 1 aromatic carbocycles. The maximum absolute atomic E-state index is 10.3. The molecule has 2 unspecified atom stereocenters. The Labute approximate surface area is 130 Å². The molecule has 0 saturated carbocycles. The van der Waals surface area contributed by atoms with Crippen molar-refractivity contribution < 1.29 is 9.84 Å². The third-order valence-corrected chi connectivity index (χ3v) is 4.31. The van der Waals surface area contributed by atoms with Crippen LogP contribution in [0.4, 0.5) is 0 Å². The molecule has 0 bridgehead atoms. The summed E-state index contributed by atoms with van der Waals surface area (Å²) in [5.74, 6) is 0. The summed E-state index contributed by atoms with van der Waals surface area (Å²) in [6.45, 7) is 5.64. The first-order chi connectivity index (χ1) is 9.60. The van der Waals surface area contributed by atoms with E-state index in [1.807, 2.05) is 6.07 Å². The van der Waals surface area contributed by atoms with Crippen molar-refractivity contribution in [3.63, 3.8) is 0 Å². The number of ether oxygens (including phenoxy) is 1. The Hall–Kier alpha value is -0.320. The Bertz CT molecular complexity index is 440. The second-order valence-corrected chi connectivity index (χ2v) is 6.04. The van der Waals surface area contributed by atoms with E-state index >= 15 is 0 Å². The first kappa shape index (κ1) is 16.1. The third-order valence-electron chi connectivity index (χ3n) is 3.58. The predicted molar refractivity (Wildman–Crippen MR) is 82.6 cm³/mol. The van der Waals surface area contributed by atoms with Gasteiger partial charge in [-0.2, -0.15) is 0 Å². The number of aliphatic hydroxyl groups is 1. The molecule has 0 aliphatic carbocycles. The first-order valence-electron chi connectivity index (χ1n) is 7.06. The van der Waals surface area contributed by atoms with E-state index in [1.165, 1.54) is 0 Å². The molecule has 2 rings (SSSR count). The highest BCUT2D eigenvalue weighted by molar-refractivity contribution is 6.42. The largest absolute Gasteiger partial charge is 0.390 e. The molecular formula is C15H21Cl2NO2. The minimum atomic E-state index is -0.521. The summed E-state index contributed by atoms with van der Waals surface area (Å²) in [6, 6.07) is 5.46. The van der Waals surface area contributed by atoms with Crippen molar-refractivity contribution in [3.05, 3.63) is 33.8 Å². The van der Waals surface area contributed by atoms with Crippen LogP contribution < -0.4 is 0 Å². The zero-order valence-electron chi connectivity index (χ0n) is 11.7. The Morgan fingerprint density at radius 1 is 1.40 bits per heavy atom. The number of rotatable bonds is 5. The van der Waals surface area contributed by atoms with E-state index in [0.29, 0.717) is 23.1 Å². The lowest BCUT2D eigenvalue weighted by atomic mass is 10.0. The van der Waals surface area contributed by atoms with Crippen molar-refractivity contribution in [1.82, 2.24) is 4.90 Å². The van der Waals surface area contributed by atoms with Crippen molar-refractivity contribution in [3.8, 4) is 0 Å². The van der Waals surface area contributed by atoms with Gasteiger partial charge in [-0.3, -0.25) is 4.90 Å². The van der Waals surface area contributed by atoms with Crippen LogP contribution in [0.3, 0.4) is 0 Å². The predicted octanol–water partition coefficient (Wildman–Crippen LogP) is 3.01. The van der Waals surface area contributed by atoms with Crippen molar-refractivity contribution >= 4 is 23.2 Å². The Kier molecular flexibility index (Phi) is 6.12. The van der Waals surface area contributed by atoms with Gasteiger partial charge in [0.1, 0.15) is 0 Å². The zero-order valence-corrected chi connectivity index (χ0v) is 13.2. The molecule has 0 aromatic heterocycles. The molecule has 20 heavy (non-hydrogen) atoms. The molecule has 1 aliphatic rings. The molecule has 5 heteroatoms. The van der Waals surface area contributed by atoms with Gasteiger partial charge in [0.15, 0.2) is 0 Å². The third kappa shape index (κ3) is 4.34. The zero-order chi connectivity index (χ0) is 14.5. The Balaban J connectivity index is 1.93. The number of morpholine rings is 1. The second kappa shape index (κ2) is 7.62. The van der Waals surface area contributed by atoms with Gasteiger partial charge in [0.05, 0.1) is 28.9 Å². The molecule has 1 heterocycles. The highest BCUT2D eigenvalue weighted by Gasteiger charge is 2.26. The molecule has 1 aromatic rings. The topological polar surface area (TPSA) is 32.7 Å². The van der Waals surface area contributed by atoms with Crippen LogP contribution in [-0.2, 0) is 11.2 Å². The second-order valence-electron chi connectivity index (χ2n) is 5.23. The van der Waals surface area contributed by atoms with E-state index in [4.69, 9.17) is 27.9 Å². The Morgan fingerprint density at radius 2 is 2.20 bits per heavy atom. The van der Waals surface area contributed by atoms with Crippen molar-refractivity contribution in [2.24, 2.45) is 0 Å². The lowest BCUT2D eigenvalue weighted by Crippen LogP contribution is -2.48.